The molecule has 2 aromatic carbocycles. The maximum absolute atomic E-state index is 13.1. The van der Waals surface area contributed by atoms with Crippen LogP contribution in [0.25, 0.3) is 0 Å². The standard InChI is InChI=1S/C24H32N2O5S/c1-5-24(6-2)16-21(20-13-8-9-14-22(20)31-24)25-23(27)17-26(32(4,28)29)18-11-10-12-19(15-18)30-7-3/h8-15,21H,5-7,16-17H2,1-4H3,(H,25,27)/t21-/m1/s1. The summed E-state index contributed by atoms with van der Waals surface area (Å²) in [6, 6.07) is 14.2. The molecule has 0 aromatic heterocycles. The van der Waals surface area contributed by atoms with E-state index in [1.54, 1.807) is 24.3 Å². The summed E-state index contributed by atoms with van der Waals surface area (Å²) >= 11 is 0. The van der Waals surface area contributed by atoms with Gasteiger partial charge in [-0.25, -0.2) is 8.42 Å². The number of nitrogens with zero attached hydrogens (tertiary/aromatic N) is 1. The van der Waals surface area contributed by atoms with Crippen LogP contribution >= 0.6 is 0 Å². The van der Waals surface area contributed by atoms with E-state index >= 15 is 0 Å². The van der Waals surface area contributed by atoms with Crippen molar-refractivity contribution in [3.63, 3.8) is 0 Å². The fraction of sp³-hybridized carbons (Fsp3) is 0.458. The van der Waals surface area contributed by atoms with E-state index in [2.05, 4.69) is 19.2 Å². The highest BCUT2D eigenvalue weighted by Crippen LogP contribution is 2.42. The van der Waals surface area contributed by atoms with Crippen molar-refractivity contribution in [3.8, 4) is 11.5 Å². The predicted octanol–water partition coefficient (Wildman–Crippen LogP) is 4.05. The van der Waals surface area contributed by atoms with E-state index in [-0.39, 0.29) is 24.1 Å². The van der Waals surface area contributed by atoms with Crippen LogP contribution in [-0.4, -0.2) is 39.3 Å². The zero-order chi connectivity index (χ0) is 23.4. The first-order valence-electron chi connectivity index (χ1n) is 11.0. The Balaban J connectivity index is 1.84. The van der Waals surface area contributed by atoms with Crippen LogP contribution in [0.15, 0.2) is 48.5 Å². The molecule has 0 fully saturated rings. The van der Waals surface area contributed by atoms with E-state index in [1.165, 1.54) is 0 Å². The molecule has 0 bridgehead atoms. The van der Waals surface area contributed by atoms with Crippen LogP contribution in [0.2, 0.25) is 0 Å². The quantitative estimate of drug-likeness (QED) is 0.610. The summed E-state index contributed by atoms with van der Waals surface area (Å²) < 4.78 is 37.9. The normalized spacial score (nSPS) is 17.1. The van der Waals surface area contributed by atoms with E-state index in [9.17, 15) is 13.2 Å². The van der Waals surface area contributed by atoms with E-state index in [0.717, 1.165) is 34.7 Å². The lowest BCUT2D eigenvalue weighted by molar-refractivity contribution is -0.121. The molecule has 8 heteroatoms. The van der Waals surface area contributed by atoms with Gasteiger partial charge in [-0.15, -0.1) is 0 Å². The Kier molecular flexibility index (Phi) is 7.33. The Bertz CT molecular complexity index is 1050. The van der Waals surface area contributed by atoms with Gasteiger partial charge in [0.05, 0.1) is 24.6 Å². The van der Waals surface area contributed by atoms with Crippen LogP contribution in [0.4, 0.5) is 5.69 Å². The van der Waals surface area contributed by atoms with Gasteiger partial charge in [-0.1, -0.05) is 38.1 Å². The zero-order valence-electron chi connectivity index (χ0n) is 19.1. The minimum Gasteiger partial charge on any atom is -0.494 e. The number of hydrogen-bond acceptors (Lipinski definition) is 5. The topological polar surface area (TPSA) is 84.9 Å². The number of hydrogen-bond donors (Lipinski definition) is 1. The van der Waals surface area contributed by atoms with E-state index in [0.29, 0.717) is 24.5 Å². The second-order valence-electron chi connectivity index (χ2n) is 8.05. The van der Waals surface area contributed by atoms with Crippen LogP contribution in [0.5, 0.6) is 11.5 Å². The number of sulfonamides is 1. The summed E-state index contributed by atoms with van der Waals surface area (Å²) in [7, 11) is -3.69. The Labute approximate surface area is 190 Å². The highest BCUT2D eigenvalue weighted by atomic mass is 32.2. The number of benzene rings is 2. The van der Waals surface area contributed by atoms with Crippen molar-refractivity contribution < 1.29 is 22.7 Å². The van der Waals surface area contributed by atoms with E-state index in [4.69, 9.17) is 9.47 Å². The number of rotatable bonds is 9. The number of ether oxygens (including phenoxy) is 2. The molecule has 1 aliphatic rings. The summed E-state index contributed by atoms with van der Waals surface area (Å²) in [5.41, 5.74) is 0.925. The van der Waals surface area contributed by atoms with Crippen molar-refractivity contribution in [3.05, 3.63) is 54.1 Å². The molecule has 0 saturated heterocycles. The molecule has 0 saturated carbocycles. The molecule has 7 nitrogen and oxygen atoms in total. The number of carbonyl (C=O) groups excluding carboxylic acids is 1. The Morgan fingerprint density at radius 1 is 1.16 bits per heavy atom. The van der Waals surface area contributed by atoms with Gasteiger partial charge in [0.15, 0.2) is 0 Å². The van der Waals surface area contributed by atoms with Gasteiger partial charge in [0.2, 0.25) is 15.9 Å². The maximum Gasteiger partial charge on any atom is 0.241 e. The lowest BCUT2D eigenvalue weighted by Crippen LogP contribution is -2.47. The van der Waals surface area contributed by atoms with E-state index < -0.39 is 10.0 Å². The third kappa shape index (κ3) is 5.35. The molecular formula is C24H32N2O5S. The monoisotopic (exact) mass is 460 g/mol. The molecule has 1 heterocycles. The van der Waals surface area contributed by atoms with Gasteiger partial charge in [-0.05, 0) is 38.0 Å². The molecule has 32 heavy (non-hydrogen) atoms. The van der Waals surface area contributed by atoms with Crippen molar-refractivity contribution >= 4 is 21.6 Å². The molecular weight excluding hydrogens is 428 g/mol. The zero-order valence-corrected chi connectivity index (χ0v) is 19.9. The molecule has 1 N–H and O–H groups in total. The number of amides is 1. The largest absolute Gasteiger partial charge is 0.494 e. The minimum absolute atomic E-state index is 0.261. The van der Waals surface area contributed by atoms with Gasteiger partial charge < -0.3 is 14.8 Å². The third-order valence-corrected chi connectivity index (χ3v) is 7.07. The molecule has 174 valence electrons. The molecule has 3 rings (SSSR count). The smallest absolute Gasteiger partial charge is 0.241 e. The molecule has 0 unspecified atom stereocenters. The Hall–Kier alpha value is -2.74. The lowest BCUT2D eigenvalue weighted by atomic mass is 9.83. The van der Waals surface area contributed by atoms with Gasteiger partial charge in [-0.3, -0.25) is 9.10 Å². The Morgan fingerprint density at radius 3 is 2.53 bits per heavy atom. The SMILES string of the molecule is CCOc1cccc(N(CC(=O)N[C@@H]2CC(CC)(CC)Oc3ccccc32)S(C)(=O)=O)c1. The summed E-state index contributed by atoms with van der Waals surface area (Å²) in [6.07, 6.45) is 3.34. The number of para-hydroxylation sites is 1. The van der Waals surface area contributed by atoms with E-state index in [1.807, 2.05) is 31.2 Å². The molecule has 1 aliphatic heterocycles. The van der Waals surface area contributed by atoms with Crippen molar-refractivity contribution in [2.45, 2.75) is 51.7 Å². The highest BCUT2D eigenvalue weighted by Gasteiger charge is 2.39. The van der Waals surface area contributed by atoms with Crippen LogP contribution in [0.3, 0.4) is 0 Å². The van der Waals surface area contributed by atoms with Crippen LogP contribution in [0.1, 0.15) is 51.6 Å². The molecule has 1 amide bonds. The predicted molar refractivity (Wildman–Crippen MR) is 126 cm³/mol. The van der Waals surface area contributed by atoms with Gasteiger partial charge in [-0.2, -0.15) is 0 Å². The number of fused-ring (bicyclic) bond motifs is 1. The second-order valence-corrected chi connectivity index (χ2v) is 9.96. The third-order valence-electron chi connectivity index (χ3n) is 5.93. The first-order chi connectivity index (χ1) is 15.2. The van der Waals surface area contributed by atoms with Crippen molar-refractivity contribution in [2.75, 3.05) is 23.7 Å². The highest BCUT2D eigenvalue weighted by molar-refractivity contribution is 7.92. The van der Waals surface area contributed by atoms with Crippen molar-refractivity contribution in [1.29, 1.82) is 0 Å². The average molecular weight is 461 g/mol. The van der Waals surface area contributed by atoms with Gasteiger partial charge in [0, 0.05) is 18.1 Å². The molecule has 1 atom stereocenters. The summed E-state index contributed by atoms with van der Waals surface area (Å²) in [6.45, 7) is 6.15. The summed E-state index contributed by atoms with van der Waals surface area (Å²) in [4.78, 5) is 13.1. The summed E-state index contributed by atoms with van der Waals surface area (Å²) in [5.74, 6) is 0.935. The van der Waals surface area contributed by atoms with Crippen LogP contribution in [0, 0.1) is 0 Å². The molecule has 2 aromatic rings. The van der Waals surface area contributed by atoms with Gasteiger partial charge in [0.1, 0.15) is 23.6 Å². The van der Waals surface area contributed by atoms with Gasteiger partial charge in [0.25, 0.3) is 0 Å². The van der Waals surface area contributed by atoms with Gasteiger partial charge >= 0.3 is 0 Å². The Morgan fingerprint density at radius 2 is 1.88 bits per heavy atom. The van der Waals surface area contributed by atoms with Crippen LogP contribution in [-0.2, 0) is 14.8 Å². The number of anilines is 1. The molecule has 0 spiro atoms. The lowest BCUT2D eigenvalue weighted by Gasteiger charge is -2.41. The number of carbonyl (C=O) groups is 1. The first-order valence-corrected chi connectivity index (χ1v) is 12.8. The average Bonchev–Trinajstić information content (AvgIpc) is 2.77. The minimum atomic E-state index is -3.69. The van der Waals surface area contributed by atoms with Crippen molar-refractivity contribution in [2.24, 2.45) is 0 Å². The van der Waals surface area contributed by atoms with Crippen LogP contribution < -0.4 is 19.1 Å². The molecule has 0 radical (unpaired) electrons. The fourth-order valence-electron chi connectivity index (χ4n) is 4.10. The fourth-order valence-corrected chi connectivity index (χ4v) is 4.94. The first kappa shape index (κ1) is 23.9. The molecule has 0 aliphatic carbocycles. The summed E-state index contributed by atoms with van der Waals surface area (Å²) in [5, 5.41) is 3.05. The second kappa shape index (κ2) is 9.81. The number of nitrogens with one attached hydrogen (secondary N) is 1. The van der Waals surface area contributed by atoms with Crippen molar-refractivity contribution in [1.82, 2.24) is 5.32 Å². The maximum atomic E-state index is 13.1.